The van der Waals surface area contributed by atoms with Gasteiger partial charge in [0.2, 0.25) is 0 Å². The van der Waals surface area contributed by atoms with E-state index in [2.05, 4.69) is 20.8 Å². The summed E-state index contributed by atoms with van der Waals surface area (Å²) < 4.78 is 5.90. The van der Waals surface area contributed by atoms with E-state index in [1.807, 2.05) is 6.92 Å². The number of hydrogen-bond donors (Lipinski definition) is 1. The number of hydrogen-bond acceptors (Lipinski definition) is 2. The molecule has 0 heterocycles. The van der Waals surface area contributed by atoms with Gasteiger partial charge < -0.3 is 9.84 Å². The van der Waals surface area contributed by atoms with E-state index >= 15 is 0 Å². The van der Waals surface area contributed by atoms with Gasteiger partial charge in [0.15, 0.2) is 5.60 Å². The minimum absolute atomic E-state index is 0.0785. The molecule has 1 aliphatic rings. The highest BCUT2D eigenvalue weighted by atomic mass is 16.5. The molecule has 1 fully saturated rings. The first-order valence-corrected chi connectivity index (χ1v) is 6.60. The van der Waals surface area contributed by atoms with Crippen molar-refractivity contribution >= 4 is 5.97 Å². The highest BCUT2D eigenvalue weighted by molar-refractivity contribution is 5.76. The van der Waals surface area contributed by atoms with Gasteiger partial charge in [0, 0.05) is 0 Å². The second-order valence-corrected chi connectivity index (χ2v) is 6.54. The average Bonchev–Trinajstić information content (AvgIpc) is 2.13. The fraction of sp³-hybridized carbons (Fsp3) is 0.929. The van der Waals surface area contributed by atoms with Gasteiger partial charge in [0.1, 0.15) is 0 Å². The molecule has 1 aliphatic carbocycles. The second-order valence-electron chi connectivity index (χ2n) is 6.54. The van der Waals surface area contributed by atoms with Gasteiger partial charge in [0.05, 0.1) is 6.10 Å². The molecule has 3 heteroatoms. The molecular formula is C14H26O3. The maximum atomic E-state index is 11.2. The van der Waals surface area contributed by atoms with Gasteiger partial charge in [-0.25, -0.2) is 4.79 Å². The number of carbonyl (C=O) groups is 1. The lowest BCUT2D eigenvalue weighted by atomic mass is 9.71. The first kappa shape index (κ1) is 14.5. The predicted molar refractivity (Wildman–Crippen MR) is 68.0 cm³/mol. The number of carboxylic acids is 1. The number of ether oxygens (including phenoxy) is 1. The molecule has 0 bridgehead atoms. The first-order chi connectivity index (χ1) is 7.68. The van der Waals surface area contributed by atoms with Crippen LogP contribution in [0.2, 0.25) is 0 Å². The molecule has 0 aromatic rings. The van der Waals surface area contributed by atoms with Crippen molar-refractivity contribution in [3.05, 3.63) is 0 Å². The maximum Gasteiger partial charge on any atom is 0.335 e. The zero-order chi connectivity index (χ0) is 13.3. The maximum absolute atomic E-state index is 11.2. The lowest BCUT2D eigenvalue weighted by molar-refractivity contribution is -0.178. The Labute approximate surface area is 105 Å². The number of carboxylic acid groups (broad SMARTS) is 1. The van der Waals surface area contributed by atoms with E-state index in [4.69, 9.17) is 4.74 Å². The molecule has 100 valence electrons. The molecule has 17 heavy (non-hydrogen) atoms. The topological polar surface area (TPSA) is 46.5 Å². The van der Waals surface area contributed by atoms with Gasteiger partial charge in [0.25, 0.3) is 0 Å². The van der Waals surface area contributed by atoms with Crippen LogP contribution in [0.3, 0.4) is 0 Å². The molecule has 0 amide bonds. The van der Waals surface area contributed by atoms with Crippen LogP contribution >= 0.6 is 0 Å². The zero-order valence-electron chi connectivity index (χ0n) is 11.7. The largest absolute Gasteiger partial charge is 0.479 e. The summed E-state index contributed by atoms with van der Waals surface area (Å²) in [5, 5.41) is 9.23. The SMILES string of the molecule is CCC(C)(OC1CC(C)CC(C)(C)C1)C(=O)O. The van der Waals surface area contributed by atoms with Gasteiger partial charge >= 0.3 is 5.97 Å². The van der Waals surface area contributed by atoms with Gasteiger partial charge in [-0.15, -0.1) is 0 Å². The van der Waals surface area contributed by atoms with Crippen LogP contribution in [0.25, 0.3) is 0 Å². The summed E-state index contributed by atoms with van der Waals surface area (Å²) in [5.74, 6) is -0.241. The van der Waals surface area contributed by atoms with E-state index in [-0.39, 0.29) is 11.5 Å². The minimum Gasteiger partial charge on any atom is -0.479 e. The second kappa shape index (κ2) is 4.97. The van der Waals surface area contributed by atoms with Gasteiger partial charge in [-0.2, -0.15) is 0 Å². The van der Waals surface area contributed by atoms with Crippen molar-refractivity contribution in [1.82, 2.24) is 0 Å². The molecule has 1 rings (SSSR count). The lowest BCUT2D eigenvalue weighted by Crippen LogP contribution is -2.44. The Bertz CT molecular complexity index is 285. The van der Waals surface area contributed by atoms with Gasteiger partial charge in [-0.1, -0.05) is 27.7 Å². The molecular weight excluding hydrogens is 216 g/mol. The number of aliphatic carboxylic acids is 1. The van der Waals surface area contributed by atoms with Crippen molar-refractivity contribution in [2.75, 3.05) is 0 Å². The first-order valence-electron chi connectivity index (χ1n) is 6.60. The van der Waals surface area contributed by atoms with Crippen molar-refractivity contribution in [2.24, 2.45) is 11.3 Å². The van der Waals surface area contributed by atoms with E-state index in [9.17, 15) is 9.90 Å². The van der Waals surface area contributed by atoms with Crippen LogP contribution in [0.4, 0.5) is 0 Å². The fourth-order valence-electron chi connectivity index (χ4n) is 3.00. The van der Waals surface area contributed by atoms with E-state index in [1.54, 1.807) is 6.92 Å². The lowest BCUT2D eigenvalue weighted by Gasteiger charge is -2.41. The monoisotopic (exact) mass is 242 g/mol. The molecule has 3 nitrogen and oxygen atoms in total. The molecule has 1 N–H and O–H groups in total. The zero-order valence-corrected chi connectivity index (χ0v) is 11.7. The third kappa shape index (κ3) is 3.70. The fourth-order valence-corrected chi connectivity index (χ4v) is 3.00. The van der Waals surface area contributed by atoms with Crippen molar-refractivity contribution < 1.29 is 14.6 Å². The van der Waals surface area contributed by atoms with E-state index in [0.717, 1.165) is 12.8 Å². The van der Waals surface area contributed by atoms with Crippen LogP contribution in [0.5, 0.6) is 0 Å². The summed E-state index contributed by atoms with van der Waals surface area (Å²) in [5.41, 5.74) is -0.771. The molecule has 3 atom stereocenters. The summed E-state index contributed by atoms with van der Waals surface area (Å²) in [4.78, 5) is 11.2. The molecule has 1 saturated carbocycles. The quantitative estimate of drug-likeness (QED) is 0.821. The smallest absolute Gasteiger partial charge is 0.335 e. The third-order valence-electron chi connectivity index (χ3n) is 3.90. The van der Waals surface area contributed by atoms with Crippen molar-refractivity contribution in [3.8, 4) is 0 Å². The molecule has 0 spiro atoms. The van der Waals surface area contributed by atoms with E-state index in [0.29, 0.717) is 12.3 Å². The van der Waals surface area contributed by atoms with Crippen LogP contribution < -0.4 is 0 Å². The molecule has 3 unspecified atom stereocenters. The van der Waals surface area contributed by atoms with Crippen LogP contribution in [-0.4, -0.2) is 22.8 Å². The Hall–Kier alpha value is -0.570. The molecule has 0 saturated heterocycles. The van der Waals surface area contributed by atoms with E-state index in [1.165, 1.54) is 6.42 Å². The summed E-state index contributed by atoms with van der Waals surface area (Å²) >= 11 is 0. The normalized spacial score (nSPS) is 31.8. The molecule has 0 aliphatic heterocycles. The Morgan fingerprint density at radius 1 is 1.47 bits per heavy atom. The van der Waals surface area contributed by atoms with E-state index < -0.39 is 11.6 Å². The van der Waals surface area contributed by atoms with Crippen LogP contribution in [0.15, 0.2) is 0 Å². The third-order valence-corrected chi connectivity index (χ3v) is 3.90. The van der Waals surface area contributed by atoms with Crippen LogP contribution in [0, 0.1) is 11.3 Å². The Balaban J connectivity index is 2.71. The minimum atomic E-state index is -1.03. The molecule has 0 radical (unpaired) electrons. The Morgan fingerprint density at radius 2 is 2.06 bits per heavy atom. The van der Waals surface area contributed by atoms with Crippen molar-refractivity contribution in [1.29, 1.82) is 0 Å². The van der Waals surface area contributed by atoms with Gasteiger partial charge in [-0.05, 0) is 43.9 Å². The van der Waals surface area contributed by atoms with Crippen LogP contribution in [-0.2, 0) is 9.53 Å². The predicted octanol–water partition coefficient (Wildman–Crippen LogP) is 3.47. The molecule has 0 aromatic carbocycles. The summed E-state index contributed by atoms with van der Waals surface area (Å²) in [6.07, 6.45) is 3.72. The Kier molecular flexibility index (Phi) is 4.23. The highest BCUT2D eigenvalue weighted by Crippen LogP contribution is 2.41. The number of rotatable bonds is 4. The summed E-state index contributed by atoms with van der Waals surface area (Å²) in [7, 11) is 0. The average molecular weight is 242 g/mol. The van der Waals surface area contributed by atoms with Crippen molar-refractivity contribution in [2.45, 2.75) is 72.0 Å². The standard InChI is InChI=1S/C14H26O3/c1-6-14(5,12(15)16)17-11-7-10(2)8-13(3,4)9-11/h10-11H,6-9H2,1-5H3,(H,15,16). The summed E-state index contributed by atoms with van der Waals surface area (Å²) in [6, 6.07) is 0. The molecule has 0 aromatic heterocycles. The van der Waals surface area contributed by atoms with Crippen LogP contribution in [0.1, 0.15) is 60.3 Å². The Morgan fingerprint density at radius 3 is 2.47 bits per heavy atom. The van der Waals surface area contributed by atoms with Crippen molar-refractivity contribution in [3.63, 3.8) is 0 Å². The summed E-state index contributed by atoms with van der Waals surface area (Å²) in [6.45, 7) is 10.3. The van der Waals surface area contributed by atoms with Gasteiger partial charge in [-0.3, -0.25) is 0 Å². The highest BCUT2D eigenvalue weighted by Gasteiger charge is 2.39.